The Morgan fingerprint density at radius 3 is 3.05 bits per heavy atom. The first-order valence-electron chi connectivity index (χ1n) is 6.62. The van der Waals surface area contributed by atoms with Crippen LogP contribution in [0.1, 0.15) is 25.8 Å². The summed E-state index contributed by atoms with van der Waals surface area (Å²) in [6.07, 6.45) is 2.53. The fourth-order valence-corrected chi connectivity index (χ4v) is 3.04. The van der Waals surface area contributed by atoms with Crippen LogP contribution in [0.4, 0.5) is 5.95 Å². The van der Waals surface area contributed by atoms with Crippen molar-refractivity contribution in [1.82, 2.24) is 19.5 Å². The summed E-state index contributed by atoms with van der Waals surface area (Å²) in [6, 6.07) is -0.103. The lowest BCUT2D eigenvalue weighted by Crippen LogP contribution is -2.14. The normalized spacial score (nSPS) is 26.5. The van der Waals surface area contributed by atoms with Crippen LogP contribution in [0.3, 0.4) is 0 Å². The molecule has 0 aromatic carbocycles. The molecular weight excluding hydrogens is 258 g/mol. The van der Waals surface area contributed by atoms with E-state index in [4.69, 9.17) is 5.73 Å². The Bertz CT molecular complexity index is 732. The van der Waals surface area contributed by atoms with Crippen LogP contribution in [-0.2, 0) is 0 Å². The first-order valence-corrected chi connectivity index (χ1v) is 6.62. The Kier molecular flexibility index (Phi) is 2.86. The Morgan fingerprint density at radius 1 is 1.65 bits per heavy atom. The molecule has 0 spiro atoms. The van der Waals surface area contributed by atoms with E-state index in [9.17, 15) is 9.90 Å². The second kappa shape index (κ2) is 4.45. The molecule has 3 atom stereocenters. The van der Waals surface area contributed by atoms with Gasteiger partial charge in [0.25, 0.3) is 5.56 Å². The predicted octanol–water partition coefficient (Wildman–Crippen LogP) is 0.590. The van der Waals surface area contributed by atoms with Crippen molar-refractivity contribution in [2.24, 2.45) is 5.92 Å². The van der Waals surface area contributed by atoms with Gasteiger partial charge in [-0.25, -0.2) is 4.98 Å². The molecule has 1 aliphatic rings. The number of nitrogens with two attached hydrogens (primary N) is 1. The molecular formula is C13H17N5O2. The van der Waals surface area contributed by atoms with E-state index in [-0.39, 0.29) is 29.0 Å². The van der Waals surface area contributed by atoms with E-state index >= 15 is 0 Å². The van der Waals surface area contributed by atoms with Crippen molar-refractivity contribution in [3.05, 3.63) is 28.8 Å². The number of nitrogens with one attached hydrogen (secondary N) is 1. The van der Waals surface area contributed by atoms with Crippen LogP contribution in [0.25, 0.3) is 11.2 Å². The van der Waals surface area contributed by atoms with Crippen LogP contribution in [-0.4, -0.2) is 30.7 Å². The number of nitrogen functional groups attached to an aromatic ring is 1. The van der Waals surface area contributed by atoms with E-state index < -0.39 is 6.10 Å². The van der Waals surface area contributed by atoms with Crippen LogP contribution in [0, 0.1) is 5.92 Å². The number of hydrogen-bond donors (Lipinski definition) is 3. The molecule has 2 aromatic rings. The first kappa shape index (κ1) is 12.9. The zero-order valence-electron chi connectivity index (χ0n) is 11.2. The third-order valence-corrected chi connectivity index (χ3v) is 4.06. The second-order valence-electron chi connectivity index (χ2n) is 5.18. The largest absolute Gasteiger partial charge is 0.392 e. The SMILES string of the molecule is C=C1[C@H](CC)[C@@H](O)C[C@@H]1n1cnc2c(=O)[nH]c(N)nc21. The van der Waals surface area contributed by atoms with E-state index in [0.29, 0.717) is 12.1 Å². The standard InChI is InChI=1S/C13H17N5O2/c1-3-7-6(2)8(4-9(7)19)18-5-15-10-11(18)16-13(14)17-12(10)20/h5,7-9,19H,2-4H2,1H3,(H3,14,16,17,20)/t7-,8-,9-/m0/s1. The van der Waals surface area contributed by atoms with Gasteiger partial charge in [0.2, 0.25) is 5.95 Å². The summed E-state index contributed by atoms with van der Waals surface area (Å²) in [7, 11) is 0. The number of hydrogen-bond acceptors (Lipinski definition) is 5. The lowest BCUT2D eigenvalue weighted by atomic mass is 9.98. The van der Waals surface area contributed by atoms with Crippen LogP contribution in [0.2, 0.25) is 0 Å². The Labute approximate surface area is 115 Å². The Morgan fingerprint density at radius 2 is 2.40 bits per heavy atom. The third-order valence-electron chi connectivity index (χ3n) is 4.06. The maximum absolute atomic E-state index is 11.8. The summed E-state index contributed by atoms with van der Waals surface area (Å²) in [5, 5.41) is 10.1. The minimum Gasteiger partial charge on any atom is -0.392 e. The summed E-state index contributed by atoms with van der Waals surface area (Å²) >= 11 is 0. The van der Waals surface area contributed by atoms with Crippen molar-refractivity contribution in [2.75, 3.05) is 5.73 Å². The number of imidazole rings is 1. The van der Waals surface area contributed by atoms with Gasteiger partial charge in [0.15, 0.2) is 11.2 Å². The third kappa shape index (κ3) is 1.74. The van der Waals surface area contributed by atoms with Gasteiger partial charge in [-0.2, -0.15) is 4.98 Å². The summed E-state index contributed by atoms with van der Waals surface area (Å²) in [5.74, 6) is 0.122. The molecule has 4 N–H and O–H groups in total. The molecule has 0 bridgehead atoms. The molecule has 0 radical (unpaired) electrons. The zero-order chi connectivity index (χ0) is 14.4. The zero-order valence-corrected chi connectivity index (χ0v) is 11.2. The fraction of sp³-hybridized carbons (Fsp3) is 0.462. The van der Waals surface area contributed by atoms with Crippen molar-refractivity contribution < 1.29 is 5.11 Å². The minimum atomic E-state index is -0.422. The van der Waals surface area contributed by atoms with Gasteiger partial charge in [-0.05, 0) is 18.4 Å². The molecule has 1 fully saturated rings. The highest BCUT2D eigenvalue weighted by Crippen LogP contribution is 2.41. The highest BCUT2D eigenvalue weighted by atomic mass is 16.3. The highest BCUT2D eigenvalue weighted by molar-refractivity contribution is 5.70. The van der Waals surface area contributed by atoms with Crippen molar-refractivity contribution in [3.8, 4) is 0 Å². The van der Waals surface area contributed by atoms with Gasteiger partial charge in [-0.1, -0.05) is 13.5 Å². The van der Waals surface area contributed by atoms with Crippen molar-refractivity contribution in [3.63, 3.8) is 0 Å². The van der Waals surface area contributed by atoms with E-state index in [1.54, 1.807) is 10.9 Å². The highest BCUT2D eigenvalue weighted by Gasteiger charge is 2.37. The molecule has 0 aliphatic heterocycles. The van der Waals surface area contributed by atoms with Crippen LogP contribution in [0.5, 0.6) is 0 Å². The minimum absolute atomic E-state index is 0.0560. The van der Waals surface area contributed by atoms with Gasteiger partial charge in [0.1, 0.15) is 0 Å². The summed E-state index contributed by atoms with van der Waals surface area (Å²) in [6.45, 7) is 6.11. The van der Waals surface area contributed by atoms with Crippen LogP contribution < -0.4 is 11.3 Å². The molecule has 7 nitrogen and oxygen atoms in total. The molecule has 7 heteroatoms. The Hall–Kier alpha value is -2.15. The summed E-state index contributed by atoms with van der Waals surface area (Å²) < 4.78 is 1.78. The summed E-state index contributed by atoms with van der Waals surface area (Å²) in [5.41, 5.74) is 6.86. The smallest absolute Gasteiger partial charge is 0.280 e. The Balaban J connectivity index is 2.12. The fourth-order valence-electron chi connectivity index (χ4n) is 3.04. The lowest BCUT2D eigenvalue weighted by Gasteiger charge is -2.16. The number of fused-ring (bicyclic) bond motifs is 1. The van der Waals surface area contributed by atoms with Gasteiger partial charge in [0, 0.05) is 5.92 Å². The second-order valence-corrected chi connectivity index (χ2v) is 5.18. The maximum Gasteiger partial charge on any atom is 0.280 e. The van der Waals surface area contributed by atoms with Crippen LogP contribution >= 0.6 is 0 Å². The number of rotatable bonds is 2. The number of aromatic amines is 1. The number of aliphatic hydroxyl groups excluding tert-OH is 1. The average Bonchev–Trinajstić information content (AvgIpc) is 2.91. The van der Waals surface area contributed by atoms with Crippen molar-refractivity contribution in [2.45, 2.75) is 31.9 Å². The van der Waals surface area contributed by atoms with Gasteiger partial charge in [-0.15, -0.1) is 0 Å². The predicted molar refractivity (Wildman–Crippen MR) is 75.1 cm³/mol. The van der Waals surface area contributed by atoms with E-state index in [1.165, 1.54) is 0 Å². The monoisotopic (exact) mass is 275 g/mol. The molecule has 0 unspecified atom stereocenters. The van der Waals surface area contributed by atoms with Gasteiger partial charge >= 0.3 is 0 Å². The van der Waals surface area contributed by atoms with E-state index in [0.717, 1.165) is 12.0 Å². The molecule has 0 saturated heterocycles. The molecule has 0 amide bonds. The van der Waals surface area contributed by atoms with E-state index in [1.807, 2.05) is 6.92 Å². The number of aromatic nitrogens is 4. The molecule has 1 aliphatic carbocycles. The van der Waals surface area contributed by atoms with Crippen molar-refractivity contribution >= 4 is 17.1 Å². The average molecular weight is 275 g/mol. The van der Waals surface area contributed by atoms with Gasteiger partial charge in [-0.3, -0.25) is 9.78 Å². The quantitative estimate of drug-likeness (QED) is 0.695. The van der Waals surface area contributed by atoms with Crippen molar-refractivity contribution in [1.29, 1.82) is 0 Å². The molecule has 2 heterocycles. The molecule has 3 rings (SSSR count). The number of anilines is 1. The number of aliphatic hydroxyl groups is 1. The number of H-pyrrole nitrogens is 1. The van der Waals surface area contributed by atoms with Crippen LogP contribution in [0.15, 0.2) is 23.3 Å². The van der Waals surface area contributed by atoms with Gasteiger partial charge < -0.3 is 15.4 Å². The molecule has 106 valence electrons. The van der Waals surface area contributed by atoms with E-state index in [2.05, 4.69) is 21.5 Å². The van der Waals surface area contributed by atoms with Gasteiger partial charge in [0.05, 0.1) is 18.5 Å². The lowest BCUT2D eigenvalue weighted by molar-refractivity contribution is 0.136. The topological polar surface area (TPSA) is 110 Å². The first-order chi connectivity index (χ1) is 9.52. The molecule has 2 aromatic heterocycles. The maximum atomic E-state index is 11.8. The molecule has 20 heavy (non-hydrogen) atoms. The summed E-state index contributed by atoms with van der Waals surface area (Å²) in [4.78, 5) is 22.4. The molecule has 1 saturated carbocycles. The number of nitrogens with zero attached hydrogens (tertiary/aromatic N) is 3.